The highest BCUT2D eigenvalue weighted by Gasteiger charge is 2.09. The van der Waals surface area contributed by atoms with Crippen LogP contribution in [0.15, 0.2) is 17.8 Å². The summed E-state index contributed by atoms with van der Waals surface area (Å²) in [6.07, 6.45) is 5.20. The lowest BCUT2D eigenvalue weighted by molar-refractivity contribution is 0.631. The van der Waals surface area contributed by atoms with Crippen LogP contribution in [0.3, 0.4) is 0 Å². The average molecular weight is 307 g/mol. The minimum absolute atomic E-state index is 0.494. The molecule has 7 nitrogen and oxygen atoms in total. The molecule has 0 aromatic carbocycles. The highest BCUT2D eigenvalue weighted by Crippen LogP contribution is 2.18. The second kappa shape index (κ2) is 7.92. The van der Waals surface area contributed by atoms with Crippen LogP contribution in [0.2, 0.25) is 0 Å². The summed E-state index contributed by atoms with van der Waals surface area (Å²) >= 11 is 1.64. The number of hydrogen-bond donors (Lipinski definition) is 1. The third kappa shape index (κ3) is 4.96. The first-order valence-corrected chi connectivity index (χ1v) is 8.15. The molecule has 2 aromatic heterocycles. The van der Waals surface area contributed by atoms with Gasteiger partial charge in [-0.25, -0.2) is 4.98 Å². The third-order valence-electron chi connectivity index (χ3n) is 2.69. The quantitative estimate of drug-likeness (QED) is 0.750. The average Bonchev–Trinajstić information content (AvgIpc) is 2.99. The van der Waals surface area contributed by atoms with E-state index in [0.29, 0.717) is 17.8 Å². The molecule has 8 heteroatoms. The van der Waals surface area contributed by atoms with Crippen LogP contribution in [0, 0.1) is 5.92 Å². The van der Waals surface area contributed by atoms with Crippen molar-refractivity contribution in [3.05, 3.63) is 12.7 Å². The second-order valence-corrected chi connectivity index (χ2v) is 6.10. The molecule has 0 amide bonds. The van der Waals surface area contributed by atoms with Crippen molar-refractivity contribution in [2.24, 2.45) is 5.92 Å². The Morgan fingerprint density at radius 1 is 1.29 bits per heavy atom. The van der Waals surface area contributed by atoms with Gasteiger partial charge in [0.25, 0.3) is 5.95 Å². The van der Waals surface area contributed by atoms with E-state index in [4.69, 9.17) is 0 Å². The Hall–Kier alpha value is -1.70. The lowest BCUT2D eigenvalue weighted by Crippen LogP contribution is -2.11. The van der Waals surface area contributed by atoms with E-state index in [1.807, 2.05) is 0 Å². The minimum atomic E-state index is 0.494. The van der Waals surface area contributed by atoms with Crippen LogP contribution in [0.1, 0.15) is 33.6 Å². The Morgan fingerprint density at radius 3 is 2.81 bits per heavy atom. The molecule has 2 aromatic rings. The van der Waals surface area contributed by atoms with Crippen molar-refractivity contribution < 1.29 is 0 Å². The Kier molecular flexibility index (Phi) is 5.91. The zero-order valence-corrected chi connectivity index (χ0v) is 13.5. The Labute approximate surface area is 129 Å². The molecule has 0 bridgehead atoms. The molecule has 0 aliphatic heterocycles. The molecule has 114 valence electrons. The van der Waals surface area contributed by atoms with E-state index < -0.39 is 0 Å². The van der Waals surface area contributed by atoms with Crippen LogP contribution in [0.4, 0.5) is 5.95 Å². The van der Waals surface area contributed by atoms with E-state index in [0.717, 1.165) is 30.3 Å². The van der Waals surface area contributed by atoms with E-state index in [2.05, 4.69) is 51.1 Å². The summed E-state index contributed by atoms with van der Waals surface area (Å²) in [6.45, 7) is 7.35. The van der Waals surface area contributed by atoms with E-state index in [1.54, 1.807) is 22.8 Å². The van der Waals surface area contributed by atoms with Gasteiger partial charge in [0.05, 0.1) is 0 Å². The van der Waals surface area contributed by atoms with E-state index in [-0.39, 0.29) is 0 Å². The lowest BCUT2D eigenvalue weighted by atomic mass is 10.2. The van der Waals surface area contributed by atoms with Gasteiger partial charge < -0.3 is 5.32 Å². The molecule has 0 saturated heterocycles. The van der Waals surface area contributed by atoms with Gasteiger partial charge in [-0.15, -0.1) is 0 Å². The number of thioether (sulfide) groups is 1. The topological polar surface area (TPSA) is 81.4 Å². The molecule has 2 heterocycles. The summed E-state index contributed by atoms with van der Waals surface area (Å²) in [5.41, 5.74) is 0. The van der Waals surface area contributed by atoms with Gasteiger partial charge in [-0.05, 0) is 18.8 Å². The number of nitrogens with zero attached hydrogens (tertiary/aromatic N) is 6. The van der Waals surface area contributed by atoms with Crippen molar-refractivity contribution in [1.29, 1.82) is 0 Å². The van der Waals surface area contributed by atoms with Crippen LogP contribution < -0.4 is 5.32 Å². The minimum Gasteiger partial charge on any atom is -0.354 e. The van der Waals surface area contributed by atoms with Crippen molar-refractivity contribution in [2.75, 3.05) is 17.6 Å². The number of nitrogens with one attached hydrogen (secondary N) is 1. The molecular weight excluding hydrogens is 286 g/mol. The summed E-state index contributed by atoms with van der Waals surface area (Å²) in [4.78, 5) is 17.2. The SMILES string of the molecule is CCCNc1nc(SCCC(C)C)nc(-n2cncn2)n1. The molecule has 0 aliphatic rings. The van der Waals surface area contributed by atoms with E-state index in [9.17, 15) is 0 Å². The van der Waals surface area contributed by atoms with Gasteiger partial charge in [0.2, 0.25) is 5.95 Å². The van der Waals surface area contributed by atoms with Crippen molar-refractivity contribution in [2.45, 2.75) is 38.8 Å². The summed E-state index contributed by atoms with van der Waals surface area (Å²) in [5.74, 6) is 2.75. The van der Waals surface area contributed by atoms with Gasteiger partial charge in [-0.2, -0.15) is 24.7 Å². The van der Waals surface area contributed by atoms with Crippen molar-refractivity contribution in [1.82, 2.24) is 29.7 Å². The van der Waals surface area contributed by atoms with Crippen LogP contribution in [0.5, 0.6) is 0 Å². The largest absolute Gasteiger partial charge is 0.354 e. The molecular formula is C13H21N7S. The molecule has 21 heavy (non-hydrogen) atoms. The molecule has 0 fully saturated rings. The summed E-state index contributed by atoms with van der Waals surface area (Å²) in [5, 5.41) is 7.99. The highest BCUT2D eigenvalue weighted by molar-refractivity contribution is 7.99. The monoisotopic (exact) mass is 307 g/mol. The van der Waals surface area contributed by atoms with E-state index in [1.165, 1.54) is 6.33 Å². The molecule has 0 unspecified atom stereocenters. The number of hydrogen-bond acceptors (Lipinski definition) is 7. The zero-order chi connectivity index (χ0) is 15.1. The van der Waals surface area contributed by atoms with Gasteiger partial charge in [-0.3, -0.25) is 0 Å². The predicted octanol–water partition coefficient (Wildman–Crippen LogP) is 2.41. The predicted molar refractivity (Wildman–Crippen MR) is 83.7 cm³/mol. The van der Waals surface area contributed by atoms with Crippen LogP contribution in [-0.2, 0) is 0 Å². The smallest absolute Gasteiger partial charge is 0.257 e. The standard InChI is InChI=1S/C13H21N7S/c1-4-6-15-11-17-12(20-9-14-8-16-20)19-13(18-11)21-7-5-10(2)3/h8-10H,4-7H2,1-3H3,(H,15,17,18,19). The fourth-order valence-corrected chi connectivity index (χ4v) is 2.60. The molecule has 0 spiro atoms. The number of anilines is 1. The maximum absolute atomic E-state index is 4.45. The maximum atomic E-state index is 4.45. The van der Waals surface area contributed by atoms with Crippen LogP contribution >= 0.6 is 11.8 Å². The summed E-state index contributed by atoms with van der Waals surface area (Å²) in [7, 11) is 0. The van der Waals surface area contributed by atoms with Gasteiger partial charge in [0.15, 0.2) is 5.16 Å². The maximum Gasteiger partial charge on any atom is 0.257 e. The molecule has 0 radical (unpaired) electrons. The fraction of sp³-hybridized carbons (Fsp3) is 0.615. The van der Waals surface area contributed by atoms with E-state index >= 15 is 0 Å². The summed E-state index contributed by atoms with van der Waals surface area (Å²) in [6, 6.07) is 0. The molecule has 1 N–H and O–H groups in total. The van der Waals surface area contributed by atoms with Crippen molar-refractivity contribution in [3.63, 3.8) is 0 Å². The van der Waals surface area contributed by atoms with Crippen molar-refractivity contribution in [3.8, 4) is 5.95 Å². The first-order valence-electron chi connectivity index (χ1n) is 7.16. The lowest BCUT2D eigenvalue weighted by Gasteiger charge is -2.08. The Bertz CT molecular complexity index is 541. The van der Waals surface area contributed by atoms with Gasteiger partial charge in [-0.1, -0.05) is 32.5 Å². The fourth-order valence-electron chi connectivity index (χ4n) is 1.53. The second-order valence-electron chi connectivity index (χ2n) is 5.04. The molecule has 0 atom stereocenters. The zero-order valence-electron chi connectivity index (χ0n) is 12.7. The Morgan fingerprint density at radius 2 is 2.14 bits per heavy atom. The molecule has 0 saturated carbocycles. The van der Waals surface area contributed by atoms with Crippen LogP contribution in [0.25, 0.3) is 5.95 Å². The van der Waals surface area contributed by atoms with Gasteiger partial charge in [0, 0.05) is 12.3 Å². The molecule has 2 rings (SSSR count). The first-order chi connectivity index (χ1) is 10.2. The van der Waals surface area contributed by atoms with Gasteiger partial charge in [0.1, 0.15) is 12.7 Å². The van der Waals surface area contributed by atoms with Crippen molar-refractivity contribution >= 4 is 17.7 Å². The first kappa shape index (κ1) is 15.7. The normalized spacial score (nSPS) is 11.0. The Balaban J connectivity index is 2.16. The third-order valence-corrected chi connectivity index (χ3v) is 3.57. The summed E-state index contributed by atoms with van der Waals surface area (Å²) < 4.78 is 1.55. The highest BCUT2D eigenvalue weighted by atomic mass is 32.2. The number of rotatable bonds is 8. The molecule has 0 aliphatic carbocycles. The van der Waals surface area contributed by atoms with Gasteiger partial charge >= 0.3 is 0 Å². The van der Waals surface area contributed by atoms with Crippen LogP contribution in [-0.4, -0.2) is 42.0 Å². The number of aromatic nitrogens is 6.